The topological polar surface area (TPSA) is 66.1 Å². The Morgan fingerprint density at radius 1 is 1.24 bits per heavy atom. The molecule has 2 aromatic rings. The summed E-state index contributed by atoms with van der Waals surface area (Å²) in [5.41, 5.74) is 3.34. The average molecular weight is 513 g/mol. The lowest BCUT2D eigenvalue weighted by Crippen LogP contribution is -2.52. The zero-order valence-electron chi connectivity index (χ0n) is 17.8. The summed E-state index contributed by atoms with van der Waals surface area (Å²) >= 11 is 0. The summed E-state index contributed by atoms with van der Waals surface area (Å²) in [6, 6.07) is 8.26. The summed E-state index contributed by atoms with van der Waals surface area (Å²) < 4.78 is 10.6. The van der Waals surface area contributed by atoms with Crippen molar-refractivity contribution in [1.29, 1.82) is 0 Å². The quantitative estimate of drug-likeness (QED) is 0.364. The van der Waals surface area contributed by atoms with Crippen molar-refractivity contribution < 1.29 is 9.26 Å². The van der Waals surface area contributed by atoms with Gasteiger partial charge in [-0.05, 0) is 39.3 Å². The number of nitrogens with one attached hydrogen (secondary N) is 1. The van der Waals surface area contributed by atoms with Crippen LogP contribution in [0.25, 0.3) is 0 Å². The van der Waals surface area contributed by atoms with E-state index in [1.54, 1.807) is 7.11 Å². The zero-order chi connectivity index (χ0) is 19.9. The van der Waals surface area contributed by atoms with Crippen molar-refractivity contribution in [2.75, 3.05) is 51.3 Å². The van der Waals surface area contributed by atoms with E-state index < -0.39 is 0 Å². The van der Waals surface area contributed by atoms with Crippen LogP contribution in [0.15, 0.2) is 33.8 Å². The second-order valence-electron chi connectivity index (χ2n) is 6.96. The number of halogens is 1. The van der Waals surface area contributed by atoms with Gasteiger partial charge in [-0.3, -0.25) is 4.99 Å². The van der Waals surface area contributed by atoms with E-state index in [0.29, 0.717) is 0 Å². The van der Waals surface area contributed by atoms with Gasteiger partial charge in [0.15, 0.2) is 5.96 Å². The van der Waals surface area contributed by atoms with E-state index in [2.05, 4.69) is 39.3 Å². The molecule has 1 fully saturated rings. The minimum Gasteiger partial charge on any atom is -0.497 e. The molecular weight excluding hydrogens is 481 g/mol. The van der Waals surface area contributed by atoms with Crippen molar-refractivity contribution >= 4 is 35.6 Å². The van der Waals surface area contributed by atoms with Crippen molar-refractivity contribution in [1.82, 2.24) is 15.4 Å². The molecule has 0 saturated carbocycles. The molecule has 7 nitrogen and oxygen atoms in total. The fourth-order valence-corrected chi connectivity index (χ4v) is 3.54. The summed E-state index contributed by atoms with van der Waals surface area (Å²) in [4.78, 5) is 9.58. The van der Waals surface area contributed by atoms with Crippen molar-refractivity contribution in [3.63, 3.8) is 0 Å². The Bertz CT molecular complexity index is 781. The molecule has 1 aliphatic heterocycles. The van der Waals surface area contributed by atoms with Gasteiger partial charge >= 0.3 is 0 Å². The van der Waals surface area contributed by atoms with Gasteiger partial charge in [0.2, 0.25) is 0 Å². The fraction of sp³-hybridized carbons (Fsp3) is 0.524. The molecule has 0 aliphatic carbocycles. The molecule has 0 spiro atoms. The Balaban J connectivity index is 0.00000300. The van der Waals surface area contributed by atoms with E-state index in [-0.39, 0.29) is 24.0 Å². The number of ether oxygens (including phenoxy) is 1. The number of guanidine groups is 1. The van der Waals surface area contributed by atoms with Crippen LogP contribution in [-0.4, -0.2) is 62.4 Å². The normalized spacial score (nSPS) is 14.6. The van der Waals surface area contributed by atoms with Crippen LogP contribution in [0.2, 0.25) is 0 Å². The van der Waals surface area contributed by atoms with Crippen LogP contribution < -0.4 is 15.0 Å². The zero-order valence-corrected chi connectivity index (χ0v) is 20.1. The lowest BCUT2D eigenvalue weighted by Gasteiger charge is -2.37. The molecule has 3 rings (SSSR count). The molecule has 0 radical (unpaired) electrons. The van der Waals surface area contributed by atoms with Gasteiger partial charge in [-0.2, -0.15) is 0 Å². The van der Waals surface area contributed by atoms with E-state index in [0.717, 1.165) is 68.9 Å². The number of benzene rings is 1. The van der Waals surface area contributed by atoms with Crippen molar-refractivity contribution in [3.8, 4) is 5.75 Å². The Kier molecular flexibility index (Phi) is 9.06. The molecule has 160 valence electrons. The fourth-order valence-electron chi connectivity index (χ4n) is 3.54. The van der Waals surface area contributed by atoms with Crippen LogP contribution in [0.3, 0.4) is 0 Å². The number of aliphatic imine (C=N–C) groups is 1. The van der Waals surface area contributed by atoms with E-state index in [1.807, 2.05) is 26.0 Å². The molecule has 1 saturated heterocycles. The number of aryl methyl sites for hydroxylation is 2. The predicted molar refractivity (Wildman–Crippen MR) is 128 cm³/mol. The monoisotopic (exact) mass is 513 g/mol. The summed E-state index contributed by atoms with van der Waals surface area (Å²) in [6.45, 7) is 11.4. The number of aromatic nitrogens is 1. The van der Waals surface area contributed by atoms with Gasteiger partial charge in [-0.25, -0.2) is 0 Å². The molecule has 1 aliphatic rings. The standard InChI is InChI=1S/C21H31N5O2.HI/c1-5-22-21(23-10-9-20-16(2)24-28-17(20)3)26-13-11-25(12-14-26)18-7-6-8-19(15-18)27-4;/h6-8,15H,5,9-14H2,1-4H3,(H,22,23);1H. The highest BCUT2D eigenvalue weighted by atomic mass is 127. The van der Waals surface area contributed by atoms with Crippen LogP contribution >= 0.6 is 24.0 Å². The third kappa shape index (κ3) is 6.01. The molecule has 0 atom stereocenters. The van der Waals surface area contributed by atoms with E-state index in [4.69, 9.17) is 14.3 Å². The van der Waals surface area contributed by atoms with Gasteiger partial charge < -0.3 is 24.4 Å². The first-order valence-electron chi connectivity index (χ1n) is 9.96. The third-order valence-electron chi connectivity index (χ3n) is 5.14. The average Bonchev–Trinajstić information content (AvgIpc) is 3.05. The third-order valence-corrected chi connectivity index (χ3v) is 5.14. The van der Waals surface area contributed by atoms with Crippen LogP contribution in [0.4, 0.5) is 5.69 Å². The smallest absolute Gasteiger partial charge is 0.194 e. The van der Waals surface area contributed by atoms with E-state index in [9.17, 15) is 0 Å². The van der Waals surface area contributed by atoms with Gasteiger partial charge in [0, 0.05) is 56.6 Å². The predicted octanol–water partition coefficient (Wildman–Crippen LogP) is 3.25. The molecular formula is C21H32IN5O2. The molecule has 1 aromatic heterocycles. The highest BCUT2D eigenvalue weighted by Gasteiger charge is 2.20. The molecule has 2 heterocycles. The first-order valence-corrected chi connectivity index (χ1v) is 9.96. The van der Waals surface area contributed by atoms with Crippen LogP contribution in [0.5, 0.6) is 5.75 Å². The molecule has 0 unspecified atom stereocenters. The molecule has 1 N–H and O–H groups in total. The molecule has 29 heavy (non-hydrogen) atoms. The number of hydrogen-bond acceptors (Lipinski definition) is 5. The molecule has 1 aromatic carbocycles. The largest absolute Gasteiger partial charge is 0.497 e. The second kappa shape index (κ2) is 11.3. The number of rotatable bonds is 6. The Labute approximate surface area is 190 Å². The summed E-state index contributed by atoms with van der Waals surface area (Å²) in [5.74, 6) is 2.78. The Hall–Kier alpha value is -1.97. The van der Waals surface area contributed by atoms with E-state index >= 15 is 0 Å². The number of methoxy groups -OCH3 is 1. The lowest BCUT2D eigenvalue weighted by atomic mass is 10.1. The lowest BCUT2D eigenvalue weighted by molar-refractivity contribution is 0.372. The van der Waals surface area contributed by atoms with E-state index in [1.165, 1.54) is 11.3 Å². The summed E-state index contributed by atoms with van der Waals surface area (Å²) in [5, 5.41) is 7.46. The number of anilines is 1. The minimum atomic E-state index is 0. The van der Waals surface area contributed by atoms with Crippen molar-refractivity contribution in [2.45, 2.75) is 27.2 Å². The van der Waals surface area contributed by atoms with Gasteiger partial charge in [0.05, 0.1) is 12.8 Å². The van der Waals surface area contributed by atoms with Gasteiger partial charge in [-0.15, -0.1) is 24.0 Å². The van der Waals surface area contributed by atoms with Crippen molar-refractivity contribution in [2.24, 2.45) is 4.99 Å². The van der Waals surface area contributed by atoms with Gasteiger partial charge in [-0.1, -0.05) is 11.2 Å². The molecule has 0 bridgehead atoms. The Morgan fingerprint density at radius 3 is 2.62 bits per heavy atom. The molecule has 0 amide bonds. The maximum absolute atomic E-state index is 5.35. The van der Waals surface area contributed by atoms with Crippen LogP contribution in [-0.2, 0) is 6.42 Å². The van der Waals surface area contributed by atoms with Crippen LogP contribution in [0.1, 0.15) is 23.9 Å². The highest BCUT2D eigenvalue weighted by Crippen LogP contribution is 2.22. The maximum Gasteiger partial charge on any atom is 0.194 e. The first kappa shape index (κ1) is 23.3. The van der Waals surface area contributed by atoms with Crippen molar-refractivity contribution in [3.05, 3.63) is 41.3 Å². The highest BCUT2D eigenvalue weighted by molar-refractivity contribution is 14.0. The van der Waals surface area contributed by atoms with Crippen LogP contribution in [0, 0.1) is 13.8 Å². The number of piperazine rings is 1. The molecule has 8 heteroatoms. The van der Waals surface area contributed by atoms with Gasteiger partial charge in [0.25, 0.3) is 0 Å². The maximum atomic E-state index is 5.35. The second-order valence-corrected chi connectivity index (χ2v) is 6.96. The SMILES string of the molecule is CCNC(=NCCc1c(C)noc1C)N1CCN(c2cccc(OC)c2)CC1.I. The Morgan fingerprint density at radius 2 is 2.00 bits per heavy atom. The number of hydrogen-bond donors (Lipinski definition) is 1. The van der Waals surface area contributed by atoms with Gasteiger partial charge in [0.1, 0.15) is 11.5 Å². The summed E-state index contributed by atoms with van der Waals surface area (Å²) in [6.07, 6.45) is 0.847. The minimum absolute atomic E-state index is 0. The number of nitrogens with zero attached hydrogens (tertiary/aromatic N) is 4. The summed E-state index contributed by atoms with van der Waals surface area (Å²) in [7, 11) is 1.71. The first-order chi connectivity index (χ1) is 13.6.